The molecule has 1 amide bonds. The first-order chi connectivity index (χ1) is 11.6. The number of amides is 1. The van der Waals surface area contributed by atoms with Crippen molar-refractivity contribution >= 4 is 32.9 Å². The van der Waals surface area contributed by atoms with Crippen molar-refractivity contribution in [3.63, 3.8) is 0 Å². The predicted octanol–water partition coefficient (Wildman–Crippen LogP) is 4.01. The number of nitrogens with zero attached hydrogens (tertiary/aromatic N) is 3. The summed E-state index contributed by atoms with van der Waals surface area (Å²) >= 11 is 3.46. The molecule has 0 radical (unpaired) electrons. The fraction of sp³-hybridized carbons (Fsp3) is 0.278. The van der Waals surface area contributed by atoms with Gasteiger partial charge in [0.15, 0.2) is 0 Å². The molecule has 1 saturated heterocycles. The number of carbonyl (C=O) groups is 1. The molecule has 2 aromatic heterocycles. The number of hydrogen-bond acceptors (Lipinski definition) is 3. The van der Waals surface area contributed by atoms with Crippen LogP contribution in [0.3, 0.4) is 0 Å². The molecule has 1 fully saturated rings. The number of aromatic nitrogens is 3. The fourth-order valence-corrected chi connectivity index (χ4v) is 3.59. The van der Waals surface area contributed by atoms with Gasteiger partial charge in [0.1, 0.15) is 16.7 Å². The molecule has 0 bridgehead atoms. The molecule has 1 aliphatic rings. The highest BCUT2D eigenvalue weighted by molar-refractivity contribution is 9.10. The largest absolute Gasteiger partial charge is 0.330 e. The molecular formula is C18H17BrN4O. The topological polar surface area (TPSA) is 61.9 Å². The Morgan fingerprint density at radius 2 is 2.04 bits per heavy atom. The van der Waals surface area contributed by atoms with Crippen LogP contribution in [0.2, 0.25) is 0 Å². The number of halogens is 1. The van der Waals surface area contributed by atoms with Gasteiger partial charge in [-0.2, -0.15) is 5.10 Å². The SMILES string of the molecule is Cc1[nH]nc2ccc(C(=O)N3CCCC3c3ccc(Br)cc3)nc12. The summed E-state index contributed by atoms with van der Waals surface area (Å²) in [6.45, 7) is 2.68. The minimum atomic E-state index is -0.0112. The van der Waals surface area contributed by atoms with E-state index in [0.717, 1.165) is 40.6 Å². The van der Waals surface area contributed by atoms with Gasteiger partial charge in [0, 0.05) is 11.0 Å². The number of carbonyl (C=O) groups excluding carboxylic acids is 1. The molecule has 1 aromatic carbocycles. The van der Waals surface area contributed by atoms with Crippen LogP contribution >= 0.6 is 15.9 Å². The van der Waals surface area contributed by atoms with Crippen molar-refractivity contribution in [3.05, 3.63) is 57.8 Å². The summed E-state index contributed by atoms with van der Waals surface area (Å²) in [5.41, 5.74) is 4.08. The van der Waals surface area contributed by atoms with E-state index < -0.39 is 0 Å². The van der Waals surface area contributed by atoms with Crippen molar-refractivity contribution < 1.29 is 4.79 Å². The molecule has 0 saturated carbocycles. The van der Waals surface area contributed by atoms with Crippen LogP contribution in [0.15, 0.2) is 40.9 Å². The van der Waals surface area contributed by atoms with Crippen LogP contribution in [0, 0.1) is 6.92 Å². The Morgan fingerprint density at radius 1 is 1.25 bits per heavy atom. The first-order valence-electron chi connectivity index (χ1n) is 8.01. The summed E-state index contributed by atoms with van der Waals surface area (Å²) in [6, 6.07) is 11.9. The first-order valence-corrected chi connectivity index (χ1v) is 8.81. The molecule has 4 rings (SSSR count). The maximum absolute atomic E-state index is 13.0. The zero-order valence-corrected chi connectivity index (χ0v) is 14.9. The molecule has 6 heteroatoms. The average Bonchev–Trinajstić information content (AvgIpc) is 3.22. The van der Waals surface area contributed by atoms with Crippen molar-refractivity contribution in [2.24, 2.45) is 0 Å². The van der Waals surface area contributed by atoms with Crippen LogP contribution in [0.5, 0.6) is 0 Å². The van der Waals surface area contributed by atoms with E-state index in [9.17, 15) is 4.79 Å². The molecule has 0 spiro atoms. The summed E-state index contributed by atoms with van der Waals surface area (Å²) in [5, 5.41) is 7.08. The number of aromatic amines is 1. The molecule has 3 aromatic rings. The third kappa shape index (κ3) is 2.60. The van der Waals surface area contributed by atoms with Gasteiger partial charge in [0.2, 0.25) is 0 Å². The fourth-order valence-electron chi connectivity index (χ4n) is 3.32. The summed E-state index contributed by atoms with van der Waals surface area (Å²) in [5.74, 6) is -0.0112. The number of aryl methyl sites for hydroxylation is 1. The Labute approximate surface area is 148 Å². The van der Waals surface area contributed by atoms with Gasteiger partial charge in [0.25, 0.3) is 5.91 Å². The van der Waals surface area contributed by atoms with Gasteiger partial charge in [-0.3, -0.25) is 9.89 Å². The van der Waals surface area contributed by atoms with Crippen molar-refractivity contribution in [2.75, 3.05) is 6.54 Å². The number of hydrogen-bond donors (Lipinski definition) is 1. The number of fused-ring (bicyclic) bond motifs is 1. The number of benzene rings is 1. The molecule has 122 valence electrons. The molecule has 5 nitrogen and oxygen atoms in total. The Bertz CT molecular complexity index is 903. The summed E-state index contributed by atoms with van der Waals surface area (Å²) in [7, 11) is 0. The number of nitrogens with one attached hydrogen (secondary N) is 1. The highest BCUT2D eigenvalue weighted by Gasteiger charge is 2.31. The standard InChI is InChI=1S/C18H17BrN4O/c1-11-17-14(22-21-11)8-9-15(20-17)18(24)23-10-2-3-16(23)12-4-6-13(19)7-5-12/h4-9,16H,2-3,10H2,1H3,(H,21,22). The normalized spacial score (nSPS) is 17.6. The highest BCUT2D eigenvalue weighted by atomic mass is 79.9. The lowest BCUT2D eigenvalue weighted by Gasteiger charge is -2.25. The van der Waals surface area contributed by atoms with Gasteiger partial charge in [-0.15, -0.1) is 0 Å². The number of likely N-dealkylation sites (tertiary alicyclic amines) is 1. The summed E-state index contributed by atoms with van der Waals surface area (Å²) in [6.07, 6.45) is 2.00. The lowest BCUT2D eigenvalue weighted by atomic mass is 10.0. The van der Waals surface area contributed by atoms with E-state index in [1.54, 1.807) is 6.07 Å². The van der Waals surface area contributed by atoms with Crippen LogP contribution in [0.1, 0.15) is 40.6 Å². The monoisotopic (exact) mass is 384 g/mol. The summed E-state index contributed by atoms with van der Waals surface area (Å²) < 4.78 is 1.05. The smallest absolute Gasteiger partial charge is 0.272 e. The Morgan fingerprint density at radius 3 is 2.83 bits per heavy atom. The summed E-state index contributed by atoms with van der Waals surface area (Å²) in [4.78, 5) is 19.5. The van der Waals surface area contributed by atoms with Gasteiger partial charge in [-0.1, -0.05) is 28.1 Å². The van der Waals surface area contributed by atoms with E-state index in [1.807, 2.05) is 30.0 Å². The zero-order valence-electron chi connectivity index (χ0n) is 13.3. The van der Waals surface area contributed by atoms with E-state index in [0.29, 0.717) is 5.69 Å². The van der Waals surface area contributed by atoms with Gasteiger partial charge in [-0.05, 0) is 49.6 Å². The van der Waals surface area contributed by atoms with Crippen LogP contribution in [-0.4, -0.2) is 32.5 Å². The second-order valence-corrected chi connectivity index (χ2v) is 7.04. The van der Waals surface area contributed by atoms with Crippen molar-refractivity contribution in [1.29, 1.82) is 0 Å². The molecule has 1 aliphatic heterocycles. The molecule has 24 heavy (non-hydrogen) atoms. The maximum Gasteiger partial charge on any atom is 0.272 e. The second kappa shape index (κ2) is 6.02. The maximum atomic E-state index is 13.0. The molecule has 3 heterocycles. The van der Waals surface area contributed by atoms with E-state index in [1.165, 1.54) is 5.56 Å². The van der Waals surface area contributed by atoms with E-state index in [4.69, 9.17) is 0 Å². The number of rotatable bonds is 2. The Kier molecular flexibility index (Phi) is 3.84. The van der Waals surface area contributed by atoms with Gasteiger partial charge in [0.05, 0.1) is 11.7 Å². The zero-order chi connectivity index (χ0) is 16.7. The Balaban J connectivity index is 1.66. The van der Waals surface area contributed by atoms with Gasteiger partial charge < -0.3 is 4.90 Å². The lowest BCUT2D eigenvalue weighted by Crippen LogP contribution is -2.31. The molecule has 1 atom stereocenters. The molecule has 1 N–H and O–H groups in total. The predicted molar refractivity (Wildman–Crippen MR) is 95.8 cm³/mol. The minimum absolute atomic E-state index is 0.0112. The highest BCUT2D eigenvalue weighted by Crippen LogP contribution is 2.33. The third-order valence-corrected chi connectivity index (χ3v) is 5.09. The van der Waals surface area contributed by atoms with Crippen LogP contribution < -0.4 is 0 Å². The quantitative estimate of drug-likeness (QED) is 0.725. The van der Waals surface area contributed by atoms with Crippen molar-refractivity contribution in [1.82, 2.24) is 20.1 Å². The van der Waals surface area contributed by atoms with Crippen LogP contribution in [0.25, 0.3) is 11.0 Å². The van der Waals surface area contributed by atoms with Crippen LogP contribution in [-0.2, 0) is 0 Å². The number of pyridine rings is 1. The molecule has 0 aliphatic carbocycles. The van der Waals surface area contributed by atoms with E-state index in [-0.39, 0.29) is 11.9 Å². The van der Waals surface area contributed by atoms with Crippen molar-refractivity contribution in [2.45, 2.75) is 25.8 Å². The van der Waals surface area contributed by atoms with E-state index >= 15 is 0 Å². The van der Waals surface area contributed by atoms with Gasteiger partial charge in [-0.25, -0.2) is 4.98 Å². The third-order valence-electron chi connectivity index (χ3n) is 4.56. The second-order valence-electron chi connectivity index (χ2n) is 6.12. The lowest BCUT2D eigenvalue weighted by molar-refractivity contribution is 0.0730. The molecule has 1 unspecified atom stereocenters. The number of H-pyrrole nitrogens is 1. The van der Waals surface area contributed by atoms with Gasteiger partial charge >= 0.3 is 0 Å². The Hall–Kier alpha value is -2.21. The first kappa shape index (κ1) is 15.3. The van der Waals surface area contributed by atoms with Crippen molar-refractivity contribution in [3.8, 4) is 0 Å². The molecular weight excluding hydrogens is 368 g/mol. The van der Waals surface area contributed by atoms with Crippen LogP contribution in [0.4, 0.5) is 0 Å². The average molecular weight is 385 g/mol. The van der Waals surface area contributed by atoms with E-state index in [2.05, 4.69) is 43.2 Å². The minimum Gasteiger partial charge on any atom is -0.330 e.